The zero-order valence-electron chi connectivity index (χ0n) is 9.91. The summed E-state index contributed by atoms with van der Waals surface area (Å²) in [4.78, 5) is 8.55. The van der Waals surface area contributed by atoms with Gasteiger partial charge in [-0.15, -0.1) is 0 Å². The average Bonchev–Trinajstić information content (AvgIpc) is 2.26. The van der Waals surface area contributed by atoms with Gasteiger partial charge in [0, 0.05) is 12.4 Å². The van der Waals surface area contributed by atoms with E-state index in [0.717, 1.165) is 23.4 Å². The lowest BCUT2D eigenvalue weighted by molar-refractivity contribution is 1.08. The minimum absolute atomic E-state index is 0.806. The van der Waals surface area contributed by atoms with Gasteiger partial charge in [-0.05, 0) is 38.3 Å². The van der Waals surface area contributed by atoms with E-state index < -0.39 is 0 Å². The summed E-state index contributed by atoms with van der Waals surface area (Å²) in [5, 5.41) is 0. The van der Waals surface area contributed by atoms with Crippen molar-refractivity contribution in [2.45, 2.75) is 34.1 Å². The van der Waals surface area contributed by atoms with Gasteiger partial charge in [-0.3, -0.25) is 0 Å². The molecule has 1 aromatic rings. The molecule has 0 fully saturated rings. The zero-order valence-corrected chi connectivity index (χ0v) is 9.91. The predicted molar refractivity (Wildman–Crippen MR) is 64.5 cm³/mol. The Morgan fingerprint density at radius 2 is 1.80 bits per heavy atom. The molecule has 0 aliphatic heterocycles. The van der Waals surface area contributed by atoms with E-state index in [4.69, 9.17) is 0 Å². The van der Waals surface area contributed by atoms with E-state index in [9.17, 15) is 0 Å². The van der Waals surface area contributed by atoms with Crippen LogP contribution in [-0.4, -0.2) is 9.97 Å². The maximum Gasteiger partial charge on any atom is 0.154 e. The quantitative estimate of drug-likeness (QED) is 0.700. The molecule has 0 N–H and O–H groups in total. The maximum absolute atomic E-state index is 4.27. The van der Waals surface area contributed by atoms with Gasteiger partial charge in [-0.1, -0.05) is 24.6 Å². The minimum atomic E-state index is 0.806. The van der Waals surface area contributed by atoms with Gasteiger partial charge in [0.1, 0.15) is 0 Å². The van der Waals surface area contributed by atoms with E-state index in [-0.39, 0.29) is 0 Å². The third-order valence-electron chi connectivity index (χ3n) is 2.31. The van der Waals surface area contributed by atoms with E-state index in [1.54, 1.807) is 0 Å². The summed E-state index contributed by atoms with van der Waals surface area (Å²) in [6.07, 6.45) is 8.96. The van der Waals surface area contributed by atoms with Gasteiger partial charge in [0.25, 0.3) is 0 Å². The molecule has 0 aromatic carbocycles. The fourth-order valence-electron chi connectivity index (χ4n) is 1.06. The lowest BCUT2D eigenvalue weighted by Crippen LogP contribution is -1.91. The molecule has 0 atom stereocenters. The minimum Gasteiger partial charge on any atom is -0.237 e. The first-order chi connectivity index (χ1) is 7.13. The van der Waals surface area contributed by atoms with Gasteiger partial charge < -0.3 is 0 Å². The Kier molecular flexibility index (Phi) is 4.22. The Hall–Kier alpha value is -1.44. The van der Waals surface area contributed by atoms with Crippen molar-refractivity contribution in [3.8, 4) is 0 Å². The first-order valence-electron chi connectivity index (χ1n) is 5.26. The van der Waals surface area contributed by atoms with Crippen LogP contribution in [0.3, 0.4) is 0 Å². The van der Waals surface area contributed by atoms with Crippen LogP contribution in [0.4, 0.5) is 0 Å². The molecule has 0 spiro atoms. The summed E-state index contributed by atoms with van der Waals surface area (Å²) in [5.41, 5.74) is 3.55. The molecule has 2 heteroatoms. The second-order valence-electron chi connectivity index (χ2n) is 3.80. The molecular formula is C13H18N2. The summed E-state index contributed by atoms with van der Waals surface area (Å²) in [5.74, 6) is 0.806. The number of hydrogen-bond donors (Lipinski definition) is 0. The zero-order chi connectivity index (χ0) is 11.3. The van der Waals surface area contributed by atoms with Gasteiger partial charge in [0.05, 0.1) is 0 Å². The molecule has 1 heterocycles. The van der Waals surface area contributed by atoms with Crippen LogP contribution in [0.1, 0.15) is 38.6 Å². The molecule has 15 heavy (non-hydrogen) atoms. The van der Waals surface area contributed by atoms with E-state index in [0.29, 0.717) is 0 Å². The molecule has 0 saturated heterocycles. The Morgan fingerprint density at radius 1 is 1.20 bits per heavy atom. The van der Waals surface area contributed by atoms with Crippen LogP contribution in [0.5, 0.6) is 0 Å². The van der Waals surface area contributed by atoms with Crippen LogP contribution in [0.15, 0.2) is 30.1 Å². The number of hydrogen-bond acceptors (Lipinski definition) is 2. The fourth-order valence-corrected chi connectivity index (χ4v) is 1.06. The molecule has 0 unspecified atom stereocenters. The average molecular weight is 202 g/mol. The van der Waals surface area contributed by atoms with Crippen molar-refractivity contribution in [3.63, 3.8) is 0 Å². The number of nitrogens with zero attached hydrogens (tertiary/aromatic N) is 2. The van der Waals surface area contributed by atoms with Crippen molar-refractivity contribution in [1.29, 1.82) is 0 Å². The molecule has 0 bridgehead atoms. The van der Waals surface area contributed by atoms with Crippen LogP contribution < -0.4 is 0 Å². The molecule has 0 radical (unpaired) electrons. The SMILES string of the molecule is CC/C(C)=C\C=C(/C)c1ncc(C)cn1. The third-order valence-corrected chi connectivity index (χ3v) is 2.31. The summed E-state index contributed by atoms with van der Waals surface area (Å²) in [6.45, 7) is 8.30. The van der Waals surface area contributed by atoms with Crippen LogP contribution in [0.25, 0.3) is 5.57 Å². The molecule has 0 amide bonds. The highest BCUT2D eigenvalue weighted by molar-refractivity contribution is 5.59. The fraction of sp³-hybridized carbons (Fsp3) is 0.385. The summed E-state index contributed by atoms with van der Waals surface area (Å²) >= 11 is 0. The molecule has 80 valence electrons. The van der Waals surface area contributed by atoms with Gasteiger partial charge in [0.15, 0.2) is 5.82 Å². The highest BCUT2D eigenvalue weighted by Gasteiger charge is 1.96. The van der Waals surface area contributed by atoms with Gasteiger partial charge in [0.2, 0.25) is 0 Å². The molecule has 1 rings (SSSR count). The second-order valence-corrected chi connectivity index (χ2v) is 3.80. The second kappa shape index (κ2) is 5.44. The molecule has 0 aliphatic rings. The van der Waals surface area contributed by atoms with Crippen molar-refractivity contribution in [1.82, 2.24) is 9.97 Å². The van der Waals surface area contributed by atoms with E-state index >= 15 is 0 Å². The monoisotopic (exact) mass is 202 g/mol. The number of rotatable bonds is 3. The molecule has 1 aromatic heterocycles. The largest absolute Gasteiger partial charge is 0.237 e. The number of aromatic nitrogens is 2. The van der Waals surface area contributed by atoms with Crippen LogP contribution in [-0.2, 0) is 0 Å². The van der Waals surface area contributed by atoms with Crippen molar-refractivity contribution in [3.05, 3.63) is 41.5 Å². The van der Waals surface area contributed by atoms with Crippen LogP contribution in [0.2, 0.25) is 0 Å². The van der Waals surface area contributed by atoms with Crippen LogP contribution in [0, 0.1) is 6.92 Å². The Labute approximate surface area is 91.8 Å². The molecular weight excluding hydrogens is 184 g/mol. The van der Waals surface area contributed by atoms with E-state index in [1.165, 1.54) is 5.57 Å². The summed E-state index contributed by atoms with van der Waals surface area (Å²) < 4.78 is 0. The van der Waals surface area contributed by atoms with Gasteiger partial charge in [-0.2, -0.15) is 0 Å². The first kappa shape index (κ1) is 11.6. The van der Waals surface area contributed by atoms with Crippen molar-refractivity contribution in [2.24, 2.45) is 0 Å². The van der Waals surface area contributed by atoms with E-state index in [1.807, 2.05) is 26.2 Å². The standard InChI is InChI=1S/C13H18N2/c1-5-10(2)6-7-12(4)13-14-8-11(3)9-15-13/h6-9H,5H2,1-4H3/b10-6-,12-7+. The predicted octanol–water partition coefficient (Wildman–Crippen LogP) is 3.54. The van der Waals surface area contributed by atoms with Crippen LogP contribution >= 0.6 is 0 Å². The summed E-state index contributed by atoms with van der Waals surface area (Å²) in [7, 11) is 0. The normalized spacial score (nSPS) is 13.1. The van der Waals surface area contributed by atoms with Gasteiger partial charge >= 0.3 is 0 Å². The topological polar surface area (TPSA) is 25.8 Å². The highest BCUT2D eigenvalue weighted by atomic mass is 14.9. The summed E-state index contributed by atoms with van der Waals surface area (Å²) in [6, 6.07) is 0. The van der Waals surface area contributed by atoms with Crippen molar-refractivity contribution in [2.75, 3.05) is 0 Å². The smallest absolute Gasteiger partial charge is 0.154 e. The Bertz CT molecular complexity index is 372. The molecule has 0 aliphatic carbocycles. The van der Waals surface area contributed by atoms with Gasteiger partial charge in [-0.25, -0.2) is 9.97 Å². The Balaban J connectivity index is 2.85. The lowest BCUT2D eigenvalue weighted by Gasteiger charge is -1.99. The van der Waals surface area contributed by atoms with Crippen molar-refractivity contribution >= 4 is 5.57 Å². The molecule has 0 saturated carbocycles. The maximum atomic E-state index is 4.27. The van der Waals surface area contributed by atoms with Crippen molar-refractivity contribution < 1.29 is 0 Å². The molecule has 2 nitrogen and oxygen atoms in total. The lowest BCUT2D eigenvalue weighted by atomic mass is 10.2. The highest BCUT2D eigenvalue weighted by Crippen LogP contribution is 2.09. The number of aryl methyl sites for hydroxylation is 1. The first-order valence-corrected chi connectivity index (χ1v) is 5.26. The van der Waals surface area contributed by atoms with E-state index in [2.05, 4.69) is 36.0 Å². The third kappa shape index (κ3) is 3.66. The Morgan fingerprint density at radius 3 is 2.33 bits per heavy atom. The number of allylic oxidation sites excluding steroid dienone is 4.